The maximum atomic E-state index is 12.4. The molecule has 25 heavy (non-hydrogen) atoms. The van der Waals surface area contributed by atoms with Crippen molar-refractivity contribution in [2.45, 2.75) is 19.9 Å². The van der Waals surface area contributed by atoms with Crippen LogP contribution < -0.4 is 4.74 Å². The molecular formula is C18H20BrNO5. The molecule has 0 radical (unpaired) electrons. The molecule has 0 unspecified atom stereocenters. The average molecular weight is 410 g/mol. The summed E-state index contributed by atoms with van der Waals surface area (Å²) in [5, 5.41) is 9.41. The number of ether oxygens (including phenoxy) is 2. The van der Waals surface area contributed by atoms with Crippen molar-refractivity contribution in [3.05, 3.63) is 52.8 Å². The number of carbonyl (C=O) groups excluding carboxylic acids is 2. The van der Waals surface area contributed by atoms with Crippen LogP contribution in [-0.2, 0) is 22.5 Å². The number of benzene rings is 1. The Morgan fingerprint density at radius 3 is 2.48 bits per heavy atom. The Bertz CT molecular complexity index is 755. The van der Waals surface area contributed by atoms with Gasteiger partial charge in [0.1, 0.15) is 10.9 Å². The highest BCUT2D eigenvalue weighted by Crippen LogP contribution is 2.33. The Hall–Kier alpha value is -2.12. The second kappa shape index (κ2) is 8.82. The molecule has 134 valence electrons. The second-order valence-corrected chi connectivity index (χ2v) is 5.93. The Morgan fingerprint density at radius 1 is 1.24 bits per heavy atom. The van der Waals surface area contributed by atoms with Gasteiger partial charge in [-0.25, -0.2) is 4.79 Å². The van der Waals surface area contributed by atoms with Gasteiger partial charge in [0.05, 0.1) is 19.4 Å². The molecule has 0 aliphatic carbocycles. The lowest BCUT2D eigenvalue weighted by atomic mass is 10.1. The van der Waals surface area contributed by atoms with Crippen LogP contribution in [0.1, 0.15) is 27.3 Å². The van der Waals surface area contributed by atoms with Crippen molar-refractivity contribution in [2.75, 3.05) is 19.0 Å². The first-order valence-corrected chi connectivity index (χ1v) is 8.87. The summed E-state index contributed by atoms with van der Waals surface area (Å²) in [7, 11) is 1.28. The van der Waals surface area contributed by atoms with E-state index in [-0.39, 0.29) is 29.8 Å². The normalized spacial score (nSPS) is 10.6. The lowest BCUT2D eigenvalue weighted by Gasteiger charge is -2.11. The fourth-order valence-corrected chi connectivity index (χ4v) is 2.84. The minimum atomic E-state index is -0.580. The van der Waals surface area contributed by atoms with E-state index in [4.69, 9.17) is 9.47 Å². The number of aliphatic hydroxyl groups excluding tert-OH is 1. The van der Waals surface area contributed by atoms with Gasteiger partial charge >= 0.3 is 11.9 Å². The molecule has 0 bridgehead atoms. The molecule has 1 N–H and O–H groups in total. The van der Waals surface area contributed by atoms with Gasteiger partial charge in [-0.05, 0) is 12.5 Å². The van der Waals surface area contributed by atoms with Gasteiger partial charge in [0.25, 0.3) is 0 Å². The van der Waals surface area contributed by atoms with E-state index < -0.39 is 11.9 Å². The number of nitrogens with zero attached hydrogens (tertiary/aromatic N) is 1. The first-order valence-electron chi connectivity index (χ1n) is 7.75. The van der Waals surface area contributed by atoms with Crippen molar-refractivity contribution < 1.29 is 24.2 Å². The minimum Gasteiger partial charge on any atom is -0.465 e. The second-order valence-electron chi connectivity index (χ2n) is 5.37. The molecule has 1 heterocycles. The molecule has 0 aliphatic rings. The van der Waals surface area contributed by atoms with Crippen molar-refractivity contribution >= 4 is 27.9 Å². The molecule has 6 nitrogen and oxygen atoms in total. The predicted octanol–water partition coefficient (Wildman–Crippen LogP) is 2.47. The Balaban J connectivity index is 2.61. The highest BCUT2D eigenvalue weighted by atomic mass is 79.9. The van der Waals surface area contributed by atoms with Crippen LogP contribution in [0, 0.1) is 6.92 Å². The molecule has 0 atom stereocenters. The fraction of sp³-hybridized carbons (Fsp3) is 0.333. The van der Waals surface area contributed by atoms with E-state index >= 15 is 0 Å². The Labute approximate surface area is 154 Å². The fourth-order valence-electron chi connectivity index (χ4n) is 2.73. The summed E-state index contributed by atoms with van der Waals surface area (Å²) in [6, 6.07) is 9.61. The third-order valence-electron chi connectivity index (χ3n) is 3.83. The van der Waals surface area contributed by atoms with Gasteiger partial charge < -0.3 is 19.1 Å². The molecule has 0 saturated carbocycles. The van der Waals surface area contributed by atoms with Crippen LogP contribution in [0.4, 0.5) is 0 Å². The molecule has 2 rings (SSSR count). The van der Waals surface area contributed by atoms with Crippen molar-refractivity contribution in [3.8, 4) is 5.75 Å². The van der Waals surface area contributed by atoms with Crippen LogP contribution in [0.25, 0.3) is 0 Å². The molecule has 0 spiro atoms. The monoisotopic (exact) mass is 409 g/mol. The van der Waals surface area contributed by atoms with Gasteiger partial charge in [0.2, 0.25) is 0 Å². The highest BCUT2D eigenvalue weighted by Gasteiger charge is 2.28. The maximum Gasteiger partial charge on any atom is 0.343 e. The smallest absolute Gasteiger partial charge is 0.343 e. The summed E-state index contributed by atoms with van der Waals surface area (Å²) >= 11 is 3.05. The number of aliphatic hydroxyl groups is 1. The predicted molar refractivity (Wildman–Crippen MR) is 96.3 cm³/mol. The number of halogens is 1. The van der Waals surface area contributed by atoms with Crippen molar-refractivity contribution in [3.63, 3.8) is 0 Å². The van der Waals surface area contributed by atoms with Gasteiger partial charge in [-0.3, -0.25) is 4.79 Å². The third-order valence-corrected chi connectivity index (χ3v) is 4.29. The van der Waals surface area contributed by atoms with E-state index in [1.807, 2.05) is 30.3 Å². The lowest BCUT2D eigenvalue weighted by Crippen LogP contribution is -2.13. The largest absolute Gasteiger partial charge is 0.465 e. The Kier molecular flexibility index (Phi) is 6.78. The number of methoxy groups -OCH3 is 1. The lowest BCUT2D eigenvalue weighted by molar-refractivity contribution is -0.131. The molecule has 1 aromatic heterocycles. The van der Waals surface area contributed by atoms with Gasteiger partial charge in [0.15, 0.2) is 5.75 Å². The topological polar surface area (TPSA) is 77.8 Å². The van der Waals surface area contributed by atoms with E-state index in [0.717, 1.165) is 5.56 Å². The zero-order valence-corrected chi connectivity index (χ0v) is 15.7. The van der Waals surface area contributed by atoms with Crippen LogP contribution in [0.15, 0.2) is 30.3 Å². The average Bonchev–Trinajstić information content (AvgIpc) is 2.87. The van der Waals surface area contributed by atoms with Crippen LogP contribution >= 0.6 is 15.9 Å². The number of hydrogen-bond donors (Lipinski definition) is 1. The SMILES string of the molecule is COC(=O)c1c(OC(=O)CBr)c(C)n(CCO)c1Cc1ccccc1. The van der Waals surface area contributed by atoms with E-state index in [1.54, 1.807) is 11.5 Å². The summed E-state index contributed by atoms with van der Waals surface area (Å²) in [4.78, 5) is 24.1. The van der Waals surface area contributed by atoms with Gasteiger partial charge in [-0.1, -0.05) is 46.3 Å². The molecule has 1 aromatic carbocycles. The van der Waals surface area contributed by atoms with E-state index in [2.05, 4.69) is 15.9 Å². The van der Waals surface area contributed by atoms with Crippen molar-refractivity contribution in [1.29, 1.82) is 0 Å². The quantitative estimate of drug-likeness (QED) is 0.561. The standard InChI is InChI=1S/C18H20BrNO5/c1-12-17(25-15(22)11-19)16(18(23)24-2)14(20(12)8-9-21)10-13-6-4-3-5-7-13/h3-7,21H,8-11H2,1-2H3. The summed E-state index contributed by atoms with van der Waals surface area (Å²) in [6.45, 7) is 1.92. The summed E-state index contributed by atoms with van der Waals surface area (Å²) in [5.74, 6) is -0.917. The zero-order valence-electron chi connectivity index (χ0n) is 14.1. The van der Waals surface area contributed by atoms with E-state index in [1.165, 1.54) is 7.11 Å². The molecule has 0 fully saturated rings. The summed E-state index contributed by atoms with van der Waals surface area (Å²) in [6.07, 6.45) is 0.442. The first-order chi connectivity index (χ1) is 12.0. The first kappa shape index (κ1) is 19.2. The molecule has 0 aliphatic heterocycles. The molecule has 0 amide bonds. The third kappa shape index (κ3) is 4.29. The van der Waals surface area contributed by atoms with Gasteiger partial charge in [-0.2, -0.15) is 0 Å². The van der Waals surface area contributed by atoms with E-state index in [9.17, 15) is 14.7 Å². The van der Waals surface area contributed by atoms with Gasteiger partial charge in [-0.15, -0.1) is 0 Å². The van der Waals surface area contributed by atoms with Crippen LogP contribution in [-0.4, -0.2) is 40.7 Å². The van der Waals surface area contributed by atoms with Crippen molar-refractivity contribution in [1.82, 2.24) is 4.57 Å². The van der Waals surface area contributed by atoms with Gasteiger partial charge in [0, 0.05) is 18.7 Å². The highest BCUT2D eigenvalue weighted by molar-refractivity contribution is 9.09. The summed E-state index contributed by atoms with van der Waals surface area (Å²) < 4.78 is 12.1. The number of hydrogen-bond acceptors (Lipinski definition) is 5. The molecule has 7 heteroatoms. The molecule has 2 aromatic rings. The number of aromatic nitrogens is 1. The van der Waals surface area contributed by atoms with Crippen LogP contribution in [0.3, 0.4) is 0 Å². The number of carbonyl (C=O) groups is 2. The zero-order chi connectivity index (χ0) is 18.4. The van der Waals surface area contributed by atoms with E-state index in [0.29, 0.717) is 17.8 Å². The van der Waals surface area contributed by atoms with Crippen molar-refractivity contribution in [2.24, 2.45) is 0 Å². The summed E-state index contributed by atoms with van der Waals surface area (Å²) in [5.41, 5.74) is 2.44. The molecular weight excluding hydrogens is 390 g/mol. The number of alkyl halides is 1. The minimum absolute atomic E-state index is 0.00620. The van der Waals surface area contributed by atoms with Crippen LogP contribution in [0.2, 0.25) is 0 Å². The van der Waals surface area contributed by atoms with Crippen LogP contribution in [0.5, 0.6) is 5.75 Å². The number of rotatable bonds is 7. The maximum absolute atomic E-state index is 12.4. The number of esters is 2. The molecule has 0 saturated heterocycles. The Morgan fingerprint density at radius 2 is 1.92 bits per heavy atom.